The third-order valence-corrected chi connectivity index (χ3v) is 22.3. The van der Waals surface area contributed by atoms with Crippen molar-refractivity contribution in [2.45, 2.75) is 164 Å². The van der Waals surface area contributed by atoms with Gasteiger partial charge in [-0.15, -0.1) is 0 Å². The quantitative estimate of drug-likeness (QED) is 0.107. The lowest BCUT2D eigenvalue weighted by Crippen LogP contribution is -2.64. The van der Waals surface area contributed by atoms with E-state index in [1.165, 1.54) is 51.4 Å². The van der Waals surface area contributed by atoms with Gasteiger partial charge in [-0.25, -0.2) is 4.57 Å². The Morgan fingerprint density at radius 3 is 2.21 bits per heavy atom. The maximum atomic E-state index is 14.3. The molecule has 53 heavy (non-hydrogen) atoms. The van der Waals surface area contributed by atoms with Crippen LogP contribution in [0.15, 0.2) is 30.3 Å². The Bertz CT molecular complexity index is 1430. The minimum absolute atomic E-state index is 0.0130. The summed E-state index contributed by atoms with van der Waals surface area (Å²) in [5, 5.41) is 0.183. The molecule has 0 spiro atoms. The highest BCUT2D eigenvalue weighted by atomic mass is 31.2. The molecule has 5 rings (SSSR count). The topological polar surface area (TPSA) is 71.1 Å². The third-order valence-electron chi connectivity index (χ3n) is 15.7. The Morgan fingerprint density at radius 2 is 1.58 bits per heavy atom. The SMILES string of the molecule is CC[C@H]1C(O[Si](C)(C)C(C)(C)C)C2C(CC[C@@]3(C)C2CC[C@@H]3[C@H](C)CCO[P@](=O)(C[C@@H](C)C(=O)OC(C)C)Oc2ccccc2)[C@@]2(C)CC[C@@H](C)CC12. The monoisotopic (exact) mass is 773 g/mol. The molecule has 0 aliphatic heterocycles. The van der Waals surface area contributed by atoms with E-state index in [0.717, 1.165) is 24.2 Å². The van der Waals surface area contributed by atoms with Gasteiger partial charge in [-0.3, -0.25) is 9.32 Å². The zero-order valence-corrected chi connectivity index (χ0v) is 37.8. The molecule has 0 N–H and O–H groups in total. The number of carbonyl (C=O) groups is 1. The molecule has 4 aliphatic rings. The second-order valence-corrected chi connectivity index (χ2v) is 27.4. The number of para-hydroxylation sites is 1. The van der Waals surface area contributed by atoms with Gasteiger partial charge in [0.1, 0.15) is 5.75 Å². The van der Waals surface area contributed by atoms with E-state index in [-0.39, 0.29) is 28.7 Å². The molecule has 0 radical (unpaired) electrons. The van der Waals surface area contributed by atoms with Gasteiger partial charge in [0, 0.05) is 0 Å². The summed E-state index contributed by atoms with van der Waals surface area (Å²) in [6.07, 6.45) is 11.4. The summed E-state index contributed by atoms with van der Waals surface area (Å²) >= 11 is 0. The first-order valence-corrected chi connectivity index (χ1v) is 26.2. The lowest BCUT2D eigenvalue weighted by atomic mass is 9.41. The summed E-state index contributed by atoms with van der Waals surface area (Å²) < 4.78 is 39.9. The van der Waals surface area contributed by atoms with Gasteiger partial charge in [-0.05, 0) is 147 Å². The highest BCUT2D eigenvalue weighted by Crippen LogP contribution is 2.70. The predicted octanol–water partition coefficient (Wildman–Crippen LogP) is 12.8. The third kappa shape index (κ3) is 8.89. The first-order valence-electron chi connectivity index (χ1n) is 21.5. The average molecular weight is 773 g/mol. The summed E-state index contributed by atoms with van der Waals surface area (Å²) in [5.74, 6) is 4.72. The Balaban J connectivity index is 1.36. The molecular weight excluding hydrogens is 696 g/mol. The summed E-state index contributed by atoms with van der Waals surface area (Å²) in [4.78, 5) is 12.7. The Hall–Kier alpha value is -1.14. The van der Waals surface area contributed by atoms with Crippen LogP contribution in [0.5, 0.6) is 5.75 Å². The van der Waals surface area contributed by atoms with Crippen molar-refractivity contribution in [2.24, 2.45) is 64.1 Å². The molecule has 4 fully saturated rings. The maximum Gasteiger partial charge on any atom is 0.380 e. The van der Waals surface area contributed by atoms with Gasteiger partial charge in [0.2, 0.25) is 0 Å². The van der Waals surface area contributed by atoms with E-state index in [2.05, 4.69) is 68.5 Å². The van der Waals surface area contributed by atoms with Crippen molar-refractivity contribution in [1.29, 1.82) is 0 Å². The van der Waals surface area contributed by atoms with Crippen molar-refractivity contribution in [3.63, 3.8) is 0 Å². The van der Waals surface area contributed by atoms with Gasteiger partial charge in [0.05, 0.1) is 30.9 Å². The van der Waals surface area contributed by atoms with Gasteiger partial charge in [0.15, 0.2) is 8.32 Å². The van der Waals surface area contributed by atoms with Gasteiger partial charge in [0.25, 0.3) is 0 Å². The van der Waals surface area contributed by atoms with Crippen LogP contribution in [0.1, 0.15) is 134 Å². The van der Waals surface area contributed by atoms with Crippen molar-refractivity contribution in [2.75, 3.05) is 12.8 Å². The summed E-state index contributed by atoms with van der Waals surface area (Å²) in [5.41, 5.74) is 0.654. The molecule has 0 saturated heterocycles. The number of hydrogen-bond acceptors (Lipinski definition) is 6. The van der Waals surface area contributed by atoms with Crippen molar-refractivity contribution in [3.05, 3.63) is 30.3 Å². The Morgan fingerprint density at radius 1 is 0.943 bits per heavy atom. The van der Waals surface area contributed by atoms with Crippen LogP contribution in [-0.2, 0) is 23.0 Å². The van der Waals surface area contributed by atoms with E-state index < -0.39 is 21.8 Å². The Kier molecular flexibility index (Phi) is 13.3. The number of carbonyl (C=O) groups excluding carboxylic acids is 1. The van der Waals surface area contributed by atoms with Crippen LogP contribution in [0.25, 0.3) is 0 Å². The molecule has 6 nitrogen and oxygen atoms in total. The predicted molar refractivity (Wildman–Crippen MR) is 221 cm³/mol. The van der Waals surface area contributed by atoms with Crippen LogP contribution < -0.4 is 4.52 Å². The van der Waals surface area contributed by atoms with E-state index in [1.807, 2.05) is 32.0 Å². The van der Waals surface area contributed by atoms with E-state index in [4.69, 9.17) is 18.2 Å². The van der Waals surface area contributed by atoms with Crippen molar-refractivity contribution in [1.82, 2.24) is 0 Å². The fraction of sp³-hybridized carbons (Fsp3) is 0.844. The molecular formula is C45H77O6PSi. The number of esters is 1. The largest absolute Gasteiger partial charge is 0.463 e. The van der Waals surface area contributed by atoms with Crippen molar-refractivity contribution >= 4 is 21.9 Å². The van der Waals surface area contributed by atoms with E-state index in [9.17, 15) is 9.36 Å². The molecule has 4 aliphatic carbocycles. The molecule has 0 aromatic heterocycles. The number of fused-ring (bicyclic) bond motifs is 5. The van der Waals surface area contributed by atoms with Crippen molar-refractivity contribution < 1.29 is 27.6 Å². The van der Waals surface area contributed by atoms with Gasteiger partial charge < -0.3 is 13.7 Å². The molecule has 0 amide bonds. The zero-order valence-electron chi connectivity index (χ0n) is 35.9. The van der Waals surface area contributed by atoms with E-state index >= 15 is 0 Å². The zero-order chi connectivity index (χ0) is 39.1. The van der Waals surface area contributed by atoms with E-state index in [0.29, 0.717) is 53.5 Å². The Labute approximate surface area is 325 Å². The second kappa shape index (κ2) is 16.4. The molecule has 302 valence electrons. The lowest BCUT2D eigenvalue weighted by Gasteiger charge is -2.66. The van der Waals surface area contributed by atoms with Crippen LogP contribution in [0, 0.1) is 64.1 Å². The van der Waals surface area contributed by atoms with Gasteiger partial charge >= 0.3 is 13.6 Å². The summed E-state index contributed by atoms with van der Waals surface area (Å²) in [6.45, 7) is 30.7. The standard InChI is InChI=1S/C45H77O6PSi/c1-14-35-39-28-31(4)22-25-45(39,11)38-23-26-44(10)36(20-21-37(44)40(38)41(35)51-53(12,13)43(7,8)9)32(5)24-27-48-52(47,50-34-18-16-15-17-19-34)29-33(6)42(46)49-30(2)3/h15-19,30-33,35-41H,14,20-29H2,1-13H3/t31-,32-,33-,35-,36-,37?,38?,39?,40?,41?,44-,45-,52-/m1/s1. The highest BCUT2D eigenvalue weighted by Gasteiger charge is 2.66. The minimum atomic E-state index is -3.64. The summed E-state index contributed by atoms with van der Waals surface area (Å²) in [6, 6.07) is 9.20. The van der Waals surface area contributed by atoms with Crippen LogP contribution in [0.3, 0.4) is 0 Å². The molecule has 8 heteroatoms. The van der Waals surface area contributed by atoms with E-state index in [1.54, 1.807) is 19.1 Å². The van der Waals surface area contributed by atoms with Gasteiger partial charge in [-0.1, -0.05) is 93.4 Å². The highest BCUT2D eigenvalue weighted by molar-refractivity contribution is 7.54. The molecule has 0 heterocycles. The molecule has 5 unspecified atom stereocenters. The first-order chi connectivity index (χ1) is 24.7. The number of hydrogen-bond donors (Lipinski definition) is 0. The molecule has 0 bridgehead atoms. The number of benzene rings is 1. The molecule has 13 atom stereocenters. The van der Waals surface area contributed by atoms with Crippen LogP contribution in [0.4, 0.5) is 0 Å². The van der Waals surface area contributed by atoms with Crippen LogP contribution in [-0.4, -0.2) is 39.3 Å². The minimum Gasteiger partial charge on any atom is -0.463 e. The van der Waals surface area contributed by atoms with Crippen LogP contribution in [0.2, 0.25) is 18.1 Å². The normalized spacial score (nSPS) is 36.8. The van der Waals surface area contributed by atoms with Crippen molar-refractivity contribution in [3.8, 4) is 5.75 Å². The fourth-order valence-electron chi connectivity index (χ4n) is 11.9. The lowest BCUT2D eigenvalue weighted by molar-refractivity contribution is -0.194. The molecule has 1 aromatic carbocycles. The second-order valence-electron chi connectivity index (χ2n) is 20.6. The number of ether oxygens (including phenoxy) is 1. The molecule has 1 aromatic rings. The molecule has 4 saturated carbocycles. The smallest absolute Gasteiger partial charge is 0.380 e. The number of rotatable bonds is 14. The van der Waals surface area contributed by atoms with Gasteiger partial charge in [-0.2, -0.15) is 0 Å². The maximum absolute atomic E-state index is 14.3. The first kappa shape index (κ1) is 43.0. The van der Waals surface area contributed by atoms with Crippen LogP contribution >= 0.6 is 7.60 Å². The average Bonchev–Trinajstić information content (AvgIpc) is 3.42. The summed E-state index contributed by atoms with van der Waals surface area (Å²) in [7, 11) is -5.65. The fourth-order valence-corrected chi connectivity index (χ4v) is 15.1.